The molecule has 0 spiro atoms. The summed E-state index contributed by atoms with van der Waals surface area (Å²) >= 11 is 9.47. The standard InChI is InChI=1S/C56H58BClN2S/c1-52(2,3)34-19-21-44(38(25-34)33-17-13-12-14-18-33)59-45-31-40-39-26-35(53(4,5)6)20-22-48(39)61-49(40)32-42(45)57-43-28-36(54(7,8)9)27-41-51(43)60(47-30-37(58)29-46(59)50(47)57)56(11)24-16-15-23-55(41,56)10/h12-14,17-22,25-32H,15-16,23-24H2,1-11H3. The third-order valence-corrected chi connectivity index (χ3v) is 16.9. The molecule has 0 saturated heterocycles. The molecule has 0 radical (unpaired) electrons. The lowest BCUT2D eigenvalue weighted by atomic mass is 9.33. The molecule has 2 nitrogen and oxygen atoms in total. The van der Waals surface area contributed by atoms with Crippen LogP contribution in [0.4, 0.5) is 28.4 Å². The van der Waals surface area contributed by atoms with Crippen molar-refractivity contribution in [3.63, 3.8) is 0 Å². The zero-order chi connectivity index (χ0) is 42.8. The number of halogens is 1. The van der Waals surface area contributed by atoms with Crippen LogP contribution in [0.25, 0.3) is 31.3 Å². The summed E-state index contributed by atoms with van der Waals surface area (Å²) in [4.78, 5) is 5.42. The van der Waals surface area contributed by atoms with Gasteiger partial charge in [0.05, 0.1) is 11.2 Å². The first-order valence-corrected chi connectivity index (χ1v) is 23.8. The van der Waals surface area contributed by atoms with Crippen molar-refractivity contribution in [3.05, 3.63) is 130 Å². The number of hydrogen-bond donors (Lipinski definition) is 0. The van der Waals surface area contributed by atoms with E-state index < -0.39 is 0 Å². The summed E-state index contributed by atoms with van der Waals surface area (Å²) in [5, 5.41) is 3.45. The van der Waals surface area contributed by atoms with Crippen LogP contribution in [0.5, 0.6) is 0 Å². The Bertz CT molecular complexity index is 3000. The maximum Gasteiger partial charge on any atom is 0.252 e. The van der Waals surface area contributed by atoms with E-state index in [1.54, 1.807) is 0 Å². The summed E-state index contributed by atoms with van der Waals surface area (Å²) in [5.41, 5.74) is 18.6. The highest BCUT2D eigenvalue weighted by Crippen LogP contribution is 2.62. The molecule has 4 aliphatic rings. The van der Waals surface area contributed by atoms with E-state index in [0.717, 1.165) is 11.4 Å². The fourth-order valence-electron chi connectivity index (χ4n) is 11.8. The molecule has 1 aromatic heterocycles. The molecule has 2 unspecified atom stereocenters. The Morgan fingerprint density at radius 1 is 0.590 bits per heavy atom. The quantitative estimate of drug-likeness (QED) is 0.160. The van der Waals surface area contributed by atoms with Gasteiger partial charge in [-0.05, 0) is 129 Å². The molecule has 5 heteroatoms. The van der Waals surface area contributed by atoms with E-state index in [9.17, 15) is 0 Å². The smallest absolute Gasteiger partial charge is 0.252 e. The van der Waals surface area contributed by atoms with Gasteiger partial charge in [-0.3, -0.25) is 0 Å². The minimum atomic E-state index is -0.0862. The third-order valence-electron chi connectivity index (χ3n) is 15.5. The van der Waals surface area contributed by atoms with E-state index in [0.29, 0.717) is 0 Å². The first kappa shape index (κ1) is 39.3. The summed E-state index contributed by atoms with van der Waals surface area (Å²) in [6.07, 6.45) is 4.84. The van der Waals surface area contributed by atoms with E-state index in [1.165, 1.54) is 118 Å². The minimum absolute atomic E-state index is 0.00522. The number of benzene rings is 6. The Labute approximate surface area is 373 Å². The van der Waals surface area contributed by atoms with Crippen LogP contribution in [0.3, 0.4) is 0 Å². The number of anilines is 5. The Kier molecular flexibility index (Phi) is 8.25. The molecular formula is C56H58BClN2S. The van der Waals surface area contributed by atoms with Crippen molar-refractivity contribution < 1.29 is 0 Å². The van der Waals surface area contributed by atoms with E-state index >= 15 is 0 Å². The number of nitrogens with zero attached hydrogens (tertiary/aromatic N) is 2. The molecule has 1 fully saturated rings. The number of fused-ring (bicyclic) bond motifs is 10. The molecule has 6 aromatic carbocycles. The highest BCUT2D eigenvalue weighted by molar-refractivity contribution is 7.26. The zero-order valence-electron chi connectivity index (χ0n) is 37.9. The van der Waals surface area contributed by atoms with Crippen LogP contribution >= 0.6 is 22.9 Å². The van der Waals surface area contributed by atoms with Gasteiger partial charge in [-0.15, -0.1) is 11.3 Å². The molecule has 7 aromatic rings. The zero-order valence-corrected chi connectivity index (χ0v) is 39.5. The van der Waals surface area contributed by atoms with E-state index in [-0.39, 0.29) is 33.9 Å². The molecular weight excluding hydrogens is 779 g/mol. The maximum atomic E-state index is 7.52. The van der Waals surface area contributed by atoms with Gasteiger partial charge in [-0.2, -0.15) is 0 Å². The second kappa shape index (κ2) is 12.8. The monoisotopic (exact) mass is 836 g/mol. The van der Waals surface area contributed by atoms with Gasteiger partial charge in [0.1, 0.15) is 0 Å². The van der Waals surface area contributed by atoms with Crippen molar-refractivity contribution >= 4 is 94.6 Å². The Balaban J connectivity index is 1.30. The lowest BCUT2D eigenvalue weighted by molar-refractivity contribution is 0.195. The number of rotatable bonds is 2. The Morgan fingerprint density at radius 2 is 1.25 bits per heavy atom. The molecule has 0 N–H and O–H groups in total. The highest BCUT2D eigenvalue weighted by Gasteiger charge is 2.61. The molecule has 1 aliphatic carbocycles. The lowest BCUT2D eigenvalue weighted by Crippen LogP contribution is -2.64. The average molecular weight is 837 g/mol. The first-order valence-electron chi connectivity index (χ1n) is 22.6. The first-order chi connectivity index (χ1) is 28.8. The minimum Gasteiger partial charge on any atom is -0.335 e. The van der Waals surface area contributed by atoms with Gasteiger partial charge in [-0.1, -0.05) is 148 Å². The molecule has 1 saturated carbocycles. The van der Waals surface area contributed by atoms with Crippen molar-refractivity contribution in [2.45, 2.75) is 129 Å². The molecule has 4 heterocycles. The molecule has 2 atom stereocenters. The van der Waals surface area contributed by atoms with Gasteiger partial charge < -0.3 is 9.80 Å². The maximum absolute atomic E-state index is 7.52. The van der Waals surface area contributed by atoms with Crippen molar-refractivity contribution in [2.75, 3.05) is 9.80 Å². The van der Waals surface area contributed by atoms with E-state index in [1.807, 2.05) is 11.3 Å². The largest absolute Gasteiger partial charge is 0.335 e. The van der Waals surface area contributed by atoms with Gasteiger partial charge in [0, 0.05) is 58.9 Å². The van der Waals surface area contributed by atoms with Crippen molar-refractivity contribution in [2.24, 2.45) is 0 Å². The molecule has 308 valence electrons. The number of hydrogen-bond acceptors (Lipinski definition) is 3. The van der Waals surface area contributed by atoms with Crippen LogP contribution in [0.1, 0.15) is 124 Å². The topological polar surface area (TPSA) is 6.48 Å². The van der Waals surface area contributed by atoms with Crippen LogP contribution in [0, 0.1) is 0 Å². The lowest BCUT2D eigenvalue weighted by Gasteiger charge is -2.52. The fourth-order valence-corrected chi connectivity index (χ4v) is 13.1. The molecule has 0 bridgehead atoms. The third kappa shape index (κ3) is 5.53. The normalized spacial score (nSPS) is 20.6. The Hall–Kier alpha value is -4.51. The summed E-state index contributed by atoms with van der Waals surface area (Å²) in [6, 6.07) is 40.4. The van der Waals surface area contributed by atoms with Crippen molar-refractivity contribution in [1.29, 1.82) is 0 Å². The van der Waals surface area contributed by atoms with Crippen molar-refractivity contribution in [3.8, 4) is 11.1 Å². The van der Waals surface area contributed by atoms with Crippen LogP contribution in [0.2, 0.25) is 5.02 Å². The fraction of sp³-hybridized carbons (Fsp3) is 0.357. The van der Waals surface area contributed by atoms with Crippen molar-refractivity contribution in [1.82, 2.24) is 0 Å². The van der Waals surface area contributed by atoms with Gasteiger partial charge in [-0.25, -0.2) is 0 Å². The van der Waals surface area contributed by atoms with Gasteiger partial charge >= 0.3 is 0 Å². The predicted molar refractivity (Wildman–Crippen MR) is 268 cm³/mol. The average Bonchev–Trinajstić information content (AvgIpc) is 3.66. The summed E-state index contributed by atoms with van der Waals surface area (Å²) in [5.74, 6) is 0. The van der Waals surface area contributed by atoms with E-state index in [4.69, 9.17) is 11.6 Å². The summed E-state index contributed by atoms with van der Waals surface area (Å²) in [7, 11) is 0. The Morgan fingerprint density at radius 3 is 1.97 bits per heavy atom. The highest BCUT2D eigenvalue weighted by atomic mass is 35.5. The van der Waals surface area contributed by atoms with Crippen LogP contribution in [-0.2, 0) is 21.7 Å². The number of thiophene rings is 1. The second-order valence-electron chi connectivity index (χ2n) is 22.3. The molecule has 0 amide bonds. The predicted octanol–water partition coefficient (Wildman–Crippen LogP) is 14.6. The summed E-state index contributed by atoms with van der Waals surface area (Å²) in [6.45, 7) is 26.3. The van der Waals surface area contributed by atoms with Crippen LogP contribution in [-0.4, -0.2) is 12.3 Å². The van der Waals surface area contributed by atoms with E-state index in [2.05, 4.69) is 189 Å². The van der Waals surface area contributed by atoms with Gasteiger partial charge in [0.15, 0.2) is 0 Å². The molecule has 3 aliphatic heterocycles. The van der Waals surface area contributed by atoms with Crippen LogP contribution in [0.15, 0.2) is 103 Å². The molecule has 11 rings (SSSR count). The van der Waals surface area contributed by atoms with Crippen LogP contribution < -0.4 is 26.2 Å². The SMILES string of the molecule is CC(C)(C)c1ccc(N2c3cc4c(cc3B3c5cc(C(C)(C)C)cc6c5N(c5cc(Cl)cc2c53)C2(C)CCCCC62C)sc2ccc(C(C)(C)C)cc24)c(-c2ccccc2)c1. The molecule has 61 heavy (non-hydrogen) atoms. The van der Waals surface area contributed by atoms with Gasteiger partial charge in [0.25, 0.3) is 6.71 Å². The van der Waals surface area contributed by atoms with Gasteiger partial charge in [0.2, 0.25) is 0 Å². The summed E-state index contributed by atoms with van der Waals surface area (Å²) < 4.78 is 2.69. The second-order valence-corrected chi connectivity index (χ2v) is 23.8.